The third-order valence-corrected chi connectivity index (χ3v) is 11.5. The van der Waals surface area contributed by atoms with E-state index in [1.54, 1.807) is 6.07 Å². The molecule has 0 aliphatic rings. The van der Waals surface area contributed by atoms with Gasteiger partial charge in [0.15, 0.2) is 5.82 Å². The van der Waals surface area contributed by atoms with Gasteiger partial charge in [-0.2, -0.15) is 0 Å². The molecule has 1 N–H and O–H groups in total. The van der Waals surface area contributed by atoms with Crippen LogP contribution in [0.25, 0.3) is 94.7 Å². The van der Waals surface area contributed by atoms with Crippen molar-refractivity contribution < 1.29 is 9.52 Å². The Bertz CT molecular complexity index is 3150. The Morgan fingerprint density at radius 2 is 1.17 bits per heavy atom. The molecule has 0 saturated heterocycles. The van der Waals surface area contributed by atoms with Gasteiger partial charge >= 0.3 is 0 Å². The Labute approximate surface area is 343 Å². The van der Waals surface area contributed by atoms with Crippen LogP contribution < -0.4 is 0 Å². The fraction of sp³-hybridized carbons (Fsp3) is 0.111. The summed E-state index contributed by atoms with van der Waals surface area (Å²) in [5, 5.41) is 13.9. The molecule has 3 heterocycles. The van der Waals surface area contributed by atoms with Gasteiger partial charge in [-0.3, -0.25) is 9.55 Å². The minimum absolute atomic E-state index is 0.109. The first-order valence-electron chi connectivity index (χ1n) is 20.3. The number of rotatable bonds is 8. The molecule has 0 radical (unpaired) electrons. The predicted molar refractivity (Wildman–Crippen MR) is 243 cm³/mol. The molecule has 59 heavy (non-hydrogen) atoms. The number of aromatic nitrogens is 3. The largest absolute Gasteiger partial charge is 0.507 e. The summed E-state index contributed by atoms with van der Waals surface area (Å²) in [7, 11) is 0. The van der Waals surface area contributed by atoms with Crippen LogP contribution in [0.15, 0.2) is 174 Å². The van der Waals surface area contributed by atoms with Gasteiger partial charge in [0.1, 0.15) is 22.5 Å². The molecule has 5 nitrogen and oxygen atoms in total. The molecule has 0 bridgehead atoms. The second-order valence-electron chi connectivity index (χ2n) is 15.9. The summed E-state index contributed by atoms with van der Waals surface area (Å²) >= 11 is 0. The van der Waals surface area contributed by atoms with Crippen molar-refractivity contribution in [2.45, 2.75) is 39.5 Å². The second kappa shape index (κ2) is 14.6. The van der Waals surface area contributed by atoms with Gasteiger partial charge in [-0.1, -0.05) is 143 Å². The molecule has 10 aromatic rings. The molecule has 0 aliphatic heterocycles. The van der Waals surface area contributed by atoms with Crippen molar-refractivity contribution >= 4 is 33.0 Å². The van der Waals surface area contributed by atoms with Crippen LogP contribution in [0.4, 0.5) is 0 Å². The number of nitrogens with zero attached hydrogens (tertiary/aromatic N) is 3. The highest BCUT2D eigenvalue weighted by atomic mass is 16.3. The topological polar surface area (TPSA) is 64.1 Å². The van der Waals surface area contributed by atoms with E-state index in [2.05, 4.69) is 160 Å². The van der Waals surface area contributed by atoms with E-state index >= 15 is 0 Å². The summed E-state index contributed by atoms with van der Waals surface area (Å²) in [6, 6.07) is 56.6. The Balaban J connectivity index is 1.23. The lowest BCUT2D eigenvalue weighted by Crippen LogP contribution is -2.08. The highest BCUT2D eigenvalue weighted by Gasteiger charge is 2.28. The van der Waals surface area contributed by atoms with Gasteiger partial charge in [0.25, 0.3) is 0 Å². The molecule has 0 fully saturated rings. The molecule has 0 spiro atoms. The zero-order valence-corrected chi connectivity index (χ0v) is 33.5. The van der Waals surface area contributed by atoms with Gasteiger partial charge in [0.2, 0.25) is 0 Å². The lowest BCUT2D eigenvalue weighted by Gasteiger charge is -2.22. The Morgan fingerprint density at radius 3 is 1.88 bits per heavy atom. The summed E-state index contributed by atoms with van der Waals surface area (Å²) in [5.41, 5.74) is 15.6. The number of para-hydroxylation sites is 2. The summed E-state index contributed by atoms with van der Waals surface area (Å²) in [6.45, 7) is 8.95. The van der Waals surface area contributed by atoms with E-state index in [1.807, 2.05) is 36.5 Å². The van der Waals surface area contributed by atoms with Crippen LogP contribution in [-0.4, -0.2) is 19.6 Å². The van der Waals surface area contributed by atoms with E-state index in [9.17, 15) is 5.11 Å². The Hall–Kier alpha value is -7.24. The highest BCUT2D eigenvalue weighted by Crippen LogP contribution is 2.46. The minimum Gasteiger partial charge on any atom is -0.507 e. The summed E-state index contributed by atoms with van der Waals surface area (Å²) in [5.74, 6) is 1.18. The van der Waals surface area contributed by atoms with E-state index < -0.39 is 0 Å². The molecule has 7 aromatic carbocycles. The van der Waals surface area contributed by atoms with Crippen molar-refractivity contribution in [2.75, 3.05) is 0 Å². The van der Waals surface area contributed by atoms with Crippen molar-refractivity contribution in [1.82, 2.24) is 14.5 Å². The number of hydrogen-bond acceptors (Lipinski definition) is 4. The quantitative estimate of drug-likeness (QED) is 0.167. The molecular weight excluding hydrogens is 723 g/mol. The number of pyridine rings is 1. The number of furan rings is 1. The molecule has 0 atom stereocenters. The van der Waals surface area contributed by atoms with Gasteiger partial charge in [-0.25, -0.2) is 4.98 Å². The Kier molecular flexibility index (Phi) is 8.94. The SMILES string of the molecule is CC(C)c1cccc(C(C)C)c1-n1c(-c2c(O)ccc3c2oc2cc(-c4ccccc4)ccc23)nc2c(-c3cccc(-c4cc(-c5ccccc5)ccn4)c3)cccc21. The van der Waals surface area contributed by atoms with Gasteiger partial charge < -0.3 is 9.52 Å². The lowest BCUT2D eigenvalue weighted by molar-refractivity contribution is 0.476. The van der Waals surface area contributed by atoms with E-state index in [0.717, 1.165) is 77.7 Å². The first-order valence-corrected chi connectivity index (χ1v) is 20.3. The molecule has 3 aromatic heterocycles. The zero-order valence-electron chi connectivity index (χ0n) is 33.5. The van der Waals surface area contributed by atoms with Gasteiger partial charge in [0, 0.05) is 28.1 Å². The van der Waals surface area contributed by atoms with Gasteiger partial charge in [0.05, 0.1) is 22.4 Å². The average molecular weight is 766 g/mol. The van der Waals surface area contributed by atoms with Crippen LogP contribution in [-0.2, 0) is 0 Å². The third kappa shape index (κ3) is 6.27. The number of aromatic hydroxyl groups is 1. The van der Waals surface area contributed by atoms with Crippen LogP contribution in [0.2, 0.25) is 0 Å². The van der Waals surface area contributed by atoms with Gasteiger partial charge in [-0.15, -0.1) is 0 Å². The fourth-order valence-corrected chi connectivity index (χ4v) is 8.60. The minimum atomic E-state index is 0.109. The first-order chi connectivity index (χ1) is 28.8. The maximum Gasteiger partial charge on any atom is 0.153 e. The molecule has 5 heteroatoms. The van der Waals surface area contributed by atoms with Crippen molar-refractivity contribution in [3.8, 4) is 67.5 Å². The maximum atomic E-state index is 12.0. The van der Waals surface area contributed by atoms with E-state index in [4.69, 9.17) is 14.4 Å². The van der Waals surface area contributed by atoms with Crippen LogP contribution in [0.1, 0.15) is 50.7 Å². The van der Waals surface area contributed by atoms with E-state index in [1.165, 1.54) is 11.1 Å². The summed E-state index contributed by atoms with van der Waals surface area (Å²) in [4.78, 5) is 10.4. The molecule has 0 unspecified atom stereocenters. The summed E-state index contributed by atoms with van der Waals surface area (Å²) < 4.78 is 9.10. The molecule has 286 valence electrons. The van der Waals surface area contributed by atoms with Crippen molar-refractivity contribution in [2.24, 2.45) is 0 Å². The van der Waals surface area contributed by atoms with Crippen LogP contribution in [0, 0.1) is 0 Å². The van der Waals surface area contributed by atoms with Gasteiger partial charge in [-0.05, 0) is 99.3 Å². The number of benzene rings is 7. The molecule has 0 aliphatic carbocycles. The number of phenolic OH excluding ortho intramolecular Hbond substituents is 1. The Morgan fingerprint density at radius 1 is 0.542 bits per heavy atom. The highest BCUT2D eigenvalue weighted by molar-refractivity contribution is 6.12. The van der Waals surface area contributed by atoms with E-state index in [-0.39, 0.29) is 17.6 Å². The van der Waals surface area contributed by atoms with Crippen LogP contribution in [0.5, 0.6) is 5.75 Å². The molecular formula is C54H43N3O2. The third-order valence-electron chi connectivity index (χ3n) is 11.5. The number of hydrogen-bond donors (Lipinski definition) is 1. The molecule has 0 saturated carbocycles. The normalized spacial score (nSPS) is 11.8. The van der Waals surface area contributed by atoms with Crippen LogP contribution >= 0.6 is 0 Å². The first kappa shape index (κ1) is 36.1. The summed E-state index contributed by atoms with van der Waals surface area (Å²) in [6.07, 6.45) is 1.88. The molecule has 10 rings (SSSR count). The second-order valence-corrected chi connectivity index (χ2v) is 15.9. The molecule has 0 amide bonds. The average Bonchev–Trinajstić information content (AvgIpc) is 3.84. The van der Waals surface area contributed by atoms with Crippen molar-refractivity contribution in [3.05, 3.63) is 181 Å². The fourth-order valence-electron chi connectivity index (χ4n) is 8.60. The lowest BCUT2D eigenvalue weighted by atomic mass is 9.92. The van der Waals surface area contributed by atoms with Crippen molar-refractivity contribution in [1.29, 1.82) is 0 Å². The monoisotopic (exact) mass is 765 g/mol. The number of fused-ring (bicyclic) bond motifs is 4. The number of imidazole rings is 1. The predicted octanol–water partition coefficient (Wildman–Crippen LogP) is 14.6. The number of phenols is 1. The standard InChI is InChI=1S/C54H43N3O2/c1-33(2)41-20-12-21-42(34(3)4)52(41)57-47-23-13-22-43(39-18-11-19-40(30-39)46-31-38(28-29-55-46)36-16-9-6-10-17-36)51(47)56-54(57)50-48(58)27-26-45-44-25-24-37(32-49(44)59-53(45)50)35-14-7-5-8-15-35/h5-34,58H,1-4H3. The smallest absolute Gasteiger partial charge is 0.153 e. The maximum absolute atomic E-state index is 12.0. The van der Waals surface area contributed by atoms with Crippen LogP contribution in [0.3, 0.4) is 0 Å². The zero-order chi connectivity index (χ0) is 40.2. The van der Waals surface area contributed by atoms with E-state index in [0.29, 0.717) is 17.0 Å². The van der Waals surface area contributed by atoms with Crippen molar-refractivity contribution in [3.63, 3.8) is 0 Å².